The Kier molecular flexibility index (Phi) is 7.31. The van der Waals surface area contributed by atoms with Crippen LogP contribution in [0.5, 0.6) is 0 Å². The summed E-state index contributed by atoms with van der Waals surface area (Å²) in [6, 6.07) is 2.02. The summed E-state index contributed by atoms with van der Waals surface area (Å²) in [5.74, 6) is -0.811. The number of imidazole rings is 1. The van der Waals surface area contributed by atoms with E-state index in [2.05, 4.69) is 27.0 Å². The van der Waals surface area contributed by atoms with Crippen LogP contribution in [0.4, 0.5) is 8.78 Å². The van der Waals surface area contributed by atoms with Gasteiger partial charge in [0.1, 0.15) is 17.5 Å². The fourth-order valence-electron chi connectivity index (χ4n) is 4.99. The van der Waals surface area contributed by atoms with E-state index < -0.39 is 17.2 Å². The predicted molar refractivity (Wildman–Crippen MR) is 130 cm³/mol. The first-order chi connectivity index (χ1) is 16.0. The molecule has 0 saturated carbocycles. The second-order valence-electron chi connectivity index (χ2n) is 10.5. The van der Waals surface area contributed by atoms with Gasteiger partial charge in [-0.05, 0) is 71.8 Å². The second-order valence-corrected chi connectivity index (χ2v) is 10.9. The van der Waals surface area contributed by atoms with Gasteiger partial charge in [-0.3, -0.25) is 4.79 Å². The van der Waals surface area contributed by atoms with Crippen LogP contribution in [0.25, 0.3) is 11.4 Å². The van der Waals surface area contributed by atoms with E-state index >= 15 is 0 Å². The lowest BCUT2D eigenvalue weighted by atomic mass is 9.96. The van der Waals surface area contributed by atoms with E-state index in [1.807, 2.05) is 25.5 Å². The van der Waals surface area contributed by atoms with Crippen LogP contribution in [0, 0.1) is 17.6 Å². The number of aromatic nitrogens is 2. The van der Waals surface area contributed by atoms with E-state index in [4.69, 9.17) is 11.6 Å². The number of carbonyl (C=O) groups is 1. The van der Waals surface area contributed by atoms with E-state index in [9.17, 15) is 13.6 Å². The summed E-state index contributed by atoms with van der Waals surface area (Å²) >= 11 is 5.96. The maximum Gasteiger partial charge on any atom is 0.272 e. The van der Waals surface area contributed by atoms with Gasteiger partial charge in [-0.25, -0.2) is 13.8 Å². The molecule has 0 atom stereocenters. The lowest BCUT2D eigenvalue weighted by Crippen LogP contribution is -2.53. The molecule has 1 amide bonds. The molecule has 6 nitrogen and oxygen atoms in total. The first-order valence-electron chi connectivity index (χ1n) is 12.0. The molecule has 0 bridgehead atoms. The summed E-state index contributed by atoms with van der Waals surface area (Å²) in [7, 11) is 1.99. The third kappa shape index (κ3) is 5.44. The topological polar surface area (TPSA) is 53.4 Å². The standard InChI is InChI=1S/C25H34ClF2N5O/c1-16-6-10-32(11-7-16)15-25(2,3)30-24(34)22-21-14-31(4)8-5-9-33(21)23(29-22)17-12-18(26)20(28)13-19(17)27/h12-13,16H,5-11,14-15H2,1-4H3,(H,30,34). The van der Waals surface area contributed by atoms with Gasteiger partial charge >= 0.3 is 0 Å². The van der Waals surface area contributed by atoms with Gasteiger partial charge in [-0.15, -0.1) is 0 Å². The van der Waals surface area contributed by atoms with Gasteiger partial charge in [-0.1, -0.05) is 18.5 Å². The predicted octanol–water partition coefficient (Wildman–Crippen LogP) is 4.56. The van der Waals surface area contributed by atoms with Gasteiger partial charge in [0, 0.05) is 31.2 Å². The first kappa shape index (κ1) is 25.1. The number of hydrogen-bond acceptors (Lipinski definition) is 4. The number of rotatable bonds is 5. The van der Waals surface area contributed by atoms with Crippen molar-refractivity contribution in [3.8, 4) is 11.4 Å². The van der Waals surface area contributed by atoms with Gasteiger partial charge in [0.25, 0.3) is 5.91 Å². The third-order valence-electron chi connectivity index (χ3n) is 6.83. The second kappa shape index (κ2) is 9.91. The highest BCUT2D eigenvalue weighted by atomic mass is 35.5. The number of halogens is 3. The molecule has 0 aliphatic carbocycles. The number of nitrogens with one attached hydrogen (secondary N) is 1. The van der Waals surface area contributed by atoms with Crippen molar-refractivity contribution in [1.29, 1.82) is 0 Å². The van der Waals surface area contributed by atoms with Crippen LogP contribution >= 0.6 is 11.6 Å². The summed E-state index contributed by atoms with van der Waals surface area (Å²) in [5, 5.41) is 2.98. The van der Waals surface area contributed by atoms with Crippen LogP contribution in [0.1, 0.15) is 56.2 Å². The zero-order valence-corrected chi connectivity index (χ0v) is 21.2. The average Bonchev–Trinajstić information content (AvgIpc) is 2.98. The minimum Gasteiger partial charge on any atom is -0.344 e. The molecule has 0 spiro atoms. The van der Waals surface area contributed by atoms with Crippen molar-refractivity contribution in [1.82, 2.24) is 24.7 Å². The van der Waals surface area contributed by atoms with E-state index in [0.717, 1.165) is 50.3 Å². The summed E-state index contributed by atoms with van der Waals surface area (Å²) in [4.78, 5) is 22.6. The van der Waals surface area contributed by atoms with E-state index in [-0.39, 0.29) is 22.2 Å². The molecule has 1 aromatic heterocycles. The van der Waals surface area contributed by atoms with Crippen molar-refractivity contribution < 1.29 is 13.6 Å². The SMILES string of the molecule is CC1CCN(CC(C)(C)NC(=O)c2nc(-c3cc(Cl)c(F)cc3F)n3c2CN(C)CCC3)CC1. The molecule has 1 saturated heterocycles. The molecule has 2 aliphatic rings. The molecule has 186 valence electrons. The van der Waals surface area contributed by atoms with E-state index in [1.54, 1.807) is 0 Å². The van der Waals surface area contributed by atoms with Crippen LogP contribution < -0.4 is 5.32 Å². The minimum atomic E-state index is -0.822. The highest BCUT2D eigenvalue weighted by molar-refractivity contribution is 6.31. The number of carbonyl (C=O) groups excluding carboxylic acids is 1. The molecular formula is C25H34ClF2N5O. The molecular weight excluding hydrogens is 460 g/mol. The number of amides is 1. The Labute approximate surface area is 205 Å². The Bertz CT molecular complexity index is 1060. The molecule has 3 heterocycles. The summed E-state index contributed by atoms with van der Waals surface area (Å²) in [6.45, 7) is 11.1. The fraction of sp³-hybridized carbons (Fsp3) is 0.600. The van der Waals surface area contributed by atoms with Crippen molar-refractivity contribution >= 4 is 17.5 Å². The summed E-state index contributed by atoms with van der Waals surface area (Å²) in [6.07, 6.45) is 3.16. The van der Waals surface area contributed by atoms with Crippen molar-refractivity contribution in [2.75, 3.05) is 33.2 Å². The number of hydrogen-bond donors (Lipinski definition) is 1. The van der Waals surface area contributed by atoms with Gasteiger partial charge < -0.3 is 19.7 Å². The van der Waals surface area contributed by atoms with Crippen molar-refractivity contribution in [2.24, 2.45) is 5.92 Å². The summed E-state index contributed by atoms with van der Waals surface area (Å²) in [5.41, 5.74) is 0.645. The molecule has 34 heavy (non-hydrogen) atoms. The molecule has 1 fully saturated rings. The molecule has 2 aromatic rings. The highest BCUT2D eigenvalue weighted by Gasteiger charge is 2.31. The third-order valence-corrected chi connectivity index (χ3v) is 7.12. The Morgan fingerprint density at radius 3 is 2.59 bits per heavy atom. The van der Waals surface area contributed by atoms with Gasteiger partial charge in [0.15, 0.2) is 5.69 Å². The van der Waals surface area contributed by atoms with E-state index in [1.165, 1.54) is 18.9 Å². The van der Waals surface area contributed by atoms with Gasteiger partial charge in [-0.2, -0.15) is 0 Å². The highest BCUT2D eigenvalue weighted by Crippen LogP contribution is 2.31. The average molecular weight is 494 g/mol. The molecule has 1 N–H and O–H groups in total. The number of benzene rings is 1. The van der Waals surface area contributed by atoms with E-state index in [0.29, 0.717) is 18.9 Å². The van der Waals surface area contributed by atoms with Gasteiger partial charge in [0.2, 0.25) is 0 Å². The monoisotopic (exact) mass is 493 g/mol. The lowest BCUT2D eigenvalue weighted by molar-refractivity contribution is 0.0861. The Hall–Kier alpha value is -2.03. The van der Waals surface area contributed by atoms with Gasteiger partial charge in [0.05, 0.1) is 16.3 Å². The maximum absolute atomic E-state index is 14.8. The number of likely N-dealkylation sites (tertiary alicyclic amines) is 1. The molecule has 9 heteroatoms. The Morgan fingerprint density at radius 2 is 1.88 bits per heavy atom. The largest absolute Gasteiger partial charge is 0.344 e. The van der Waals surface area contributed by atoms with Crippen LogP contribution in [0.15, 0.2) is 12.1 Å². The fourth-order valence-corrected chi connectivity index (χ4v) is 5.15. The Morgan fingerprint density at radius 1 is 1.18 bits per heavy atom. The lowest BCUT2D eigenvalue weighted by Gasteiger charge is -2.37. The molecule has 0 radical (unpaired) electrons. The number of piperidine rings is 1. The molecule has 2 aliphatic heterocycles. The quantitative estimate of drug-likeness (QED) is 0.620. The maximum atomic E-state index is 14.8. The van der Waals surface area contributed by atoms with Crippen LogP contribution in [-0.2, 0) is 13.1 Å². The first-order valence-corrected chi connectivity index (χ1v) is 12.4. The normalized spacial score (nSPS) is 18.6. The number of fused-ring (bicyclic) bond motifs is 1. The van der Waals surface area contributed by atoms with Crippen molar-refractivity contribution in [2.45, 2.75) is 58.7 Å². The minimum absolute atomic E-state index is 0.0953. The number of nitrogens with zero attached hydrogens (tertiary/aromatic N) is 4. The zero-order chi connectivity index (χ0) is 24.6. The molecule has 1 aromatic carbocycles. The molecule has 0 unspecified atom stereocenters. The van der Waals surface area contributed by atoms with Crippen LogP contribution in [0.3, 0.4) is 0 Å². The zero-order valence-electron chi connectivity index (χ0n) is 20.4. The molecule has 4 rings (SSSR count). The Balaban J connectivity index is 1.65. The van der Waals surface area contributed by atoms with Crippen LogP contribution in [-0.4, -0.2) is 64.0 Å². The van der Waals surface area contributed by atoms with Crippen molar-refractivity contribution in [3.63, 3.8) is 0 Å². The van der Waals surface area contributed by atoms with Crippen LogP contribution in [0.2, 0.25) is 5.02 Å². The smallest absolute Gasteiger partial charge is 0.272 e. The van der Waals surface area contributed by atoms with Crippen molar-refractivity contribution in [3.05, 3.63) is 40.2 Å². The summed E-state index contributed by atoms with van der Waals surface area (Å²) < 4.78 is 30.4.